The average molecular weight is 409 g/mol. The van der Waals surface area contributed by atoms with Gasteiger partial charge in [0.1, 0.15) is 16.7 Å². The predicted molar refractivity (Wildman–Crippen MR) is 120 cm³/mol. The van der Waals surface area contributed by atoms with E-state index in [1.807, 2.05) is 13.0 Å². The van der Waals surface area contributed by atoms with Crippen LogP contribution in [-0.2, 0) is 5.41 Å². The van der Waals surface area contributed by atoms with E-state index in [2.05, 4.69) is 71.0 Å². The van der Waals surface area contributed by atoms with Gasteiger partial charge in [0.15, 0.2) is 0 Å². The summed E-state index contributed by atoms with van der Waals surface area (Å²) in [6.45, 7) is 12.8. The van der Waals surface area contributed by atoms with Crippen LogP contribution in [0.4, 0.5) is 0 Å². The smallest absolute Gasteiger partial charge is 0.345 e. The molecule has 0 fully saturated rings. The Balaban J connectivity index is 1.84. The third-order valence-electron chi connectivity index (χ3n) is 5.10. The van der Waals surface area contributed by atoms with Crippen molar-refractivity contribution in [3.8, 4) is 16.9 Å². The van der Waals surface area contributed by atoms with Crippen molar-refractivity contribution >= 4 is 17.3 Å². The van der Waals surface area contributed by atoms with Crippen LogP contribution >= 0.6 is 11.3 Å². The second kappa shape index (κ2) is 8.03. The van der Waals surface area contributed by atoms with E-state index in [9.17, 15) is 4.79 Å². The predicted octanol–water partition coefficient (Wildman–Crippen LogP) is 7.17. The Labute approximate surface area is 177 Å². The van der Waals surface area contributed by atoms with Gasteiger partial charge in [0, 0.05) is 4.88 Å². The maximum absolute atomic E-state index is 11.1. The van der Waals surface area contributed by atoms with Crippen LogP contribution < -0.4 is 4.74 Å². The molecule has 1 aromatic heterocycles. The molecule has 0 spiro atoms. The molecule has 0 aliphatic rings. The van der Waals surface area contributed by atoms with Crippen LogP contribution in [0.3, 0.4) is 0 Å². The topological polar surface area (TPSA) is 46.5 Å². The number of carboxylic acids is 1. The number of aromatic carboxylic acids is 1. The highest BCUT2D eigenvalue weighted by molar-refractivity contribution is 7.14. The third kappa shape index (κ3) is 4.70. The molecule has 0 radical (unpaired) electrons. The van der Waals surface area contributed by atoms with Crippen molar-refractivity contribution in [2.45, 2.75) is 53.1 Å². The zero-order valence-corrected chi connectivity index (χ0v) is 18.7. The summed E-state index contributed by atoms with van der Waals surface area (Å²) in [5.41, 5.74) is 6.22. The van der Waals surface area contributed by atoms with E-state index in [1.165, 1.54) is 28.0 Å². The molecular formula is C25H28O3S. The van der Waals surface area contributed by atoms with E-state index in [0.29, 0.717) is 4.88 Å². The number of aryl methyl sites for hydroxylation is 2. The van der Waals surface area contributed by atoms with Gasteiger partial charge in [-0.3, -0.25) is 0 Å². The van der Waals surface area contributed by atoms with Gasteiger partial charge in [-0.25, -0.2) is 4.79 Å². The van der Waals surface area contributed by atoms with Crippen molar-refractivity contribution < 1.29 is 14.6 Å². The van der Waals surface area contributed by atoms with Gasteiger partial charge in [-0.15, -0.1) is 11.3 Å². The Hall–Kier alpha value is -2.59. The molecule has 1 atom stereocenters. The van der Waals surface area contributed by atoms with Gasteiger partial charge in [0.2, 0.25) is 0 Å². The first-order valence-corrected chi connectivity index (χ1v) is 10.6. The second-order valence-electron chi connectivity index (χ2n) is 8.53. The number of rotatable bonds is 5. The molecule has 0 bridgehead atoms. The van der Waals surface area contributed by atoms with E-state index in [4.69, 9.17) is 9.84 Å². The van der Waals surface area contributed by atoms with E-state index in [0.717, 1.165) is 21.8 Å². The maximum Gasteiger partial charge on any atom is 0.345 e. The van der Waals surface area contributed by atoms with Crippen molar-refractivity contribution in [2.24, 2.45) is 0 Å². The van der Waals surface area contributed by atoms with Crippen molar-refractivity contribution in [3.63, 3.8) is 0 Å². The molecule has 0 aliphatic carbocycles. The molecule has 0 saturated heterocycles. The monoisotopic (exact) mass is 408 g/mol. The Bertz CT molecular complexity index is 1000. The van der Waals surface area contributed by atoms with E-state index < -0.39 is 5.97 Å². The maximum atomic E-state index is 11.1. The van der Waals surface area contributed by atoms with Crippen LogP contribution in [0.2, 0.25) is 0 Å². The lowest BCUT2D eigenvalue weighted by Gasteiger charge is -2.20. The molecule has 29 heavy (non-hydrogen) atoms. The van der Waals surface area contributed by atoms with Gasteiger partial charge in [0.25, 0.3) is 0 Å². The highest BCUT2D eigenvalue weighted by atomic mass is 32.1. The van der Waals surface area contributed by atoms with Gasteiger partial charge in [-0.1, -0.05) is 45.0 Å². The quantitative estimate of drug-likeness (QED) is 0.487. The molecule has 3 rings (SSSR count). The molecule has 3 aromatic rings. The minimum absolute atomic E-state index is 0.138. The summed E-state index contributed by atoms with van der Waals surface area (Å²) < 4.78 is 6.13. The summed E-state index contributed by atoms with van der Waals surface area (Å²) in [5, 5.41) is 9.11. The first-order chi connectivity index (χ1) is 13.6. The highest BCUT2D eigenvalue weighted by Crippen LogP contribution is 2.35. The highest BCUT2D eigenvalue weighted by Gasteiger charge is 2.17. The number of carboxylic acid groups (broad SMARTS) is 1. The van der Waals surface area contributed by atoms with E-state index >= 15 is 0 Å². The van der Waals surface area contributed by atoms with Crippen LogP contribution in [0.1, 0.15) is 65.0 Å². The summed E-state index contributed by atoms with van der Waals surface area (Å²) in [6.07, 6.45) is -0.205. The number of carbonyl (C=O) groups is 1. The van der Waals surface area contributed by atoms with Gasteiger partial charge in [-0.2, -0.15) is 0 Å². The average Bonchev–Trinajstić information content (AvgIpc) is 3.11. The van der Waals surface area contributed by atoms with Crippen molar-refractivity contribution in [1.82, 2.24) is 0 Å². The molecule has 0 aliphatic heterocycles. The Morgan fingerprint density at radius 3 is 2.07 bits per heavy atom. The number of benzene rings is 2. The number of thiophene rings is 1. The molecule has 4 heteroatoms. The number of hydrogen-bond donors (Lipinski definition) is 1. The molecule has 0 amide bonds. The van der Waals surface area contributed by atoms with E-state index in [-0.39, 0.29) is 11.5 Å². The summed E-state index contributed by atoms with van der Waals surface area (Å²) in [7, 11) is 0. The first kappa shape index (κ1) is 21.1. The number of hydrogen-bond acceptors (Lipinski definition) is 3. The lowest BCUT2D eigenvalue weighted by atomic mass is 9.85. The Kier molecular flexibility index (Phi) is 5.85. The molecular weight excluding hydrogens is 380 g/mol. The molecule has 152 valence electrons. The standard InChI is InChI=1S/C25H28O3S/c1-15-13-20(28-17(3)21-11-12-22(29-21)24(26)27)14-16(2)23(15)18-7-9-19(10-8-18)25(4,5)6/h7-14,17H,1-6H3,(H,26,27). The summed E-state index contributed by atoms with van der Waals surface area (Å²) in [5.74, 6) is -0.102. The summed E-state index contributed by atoms with van der Waals surface area (Å²) >= 11 is 1.26. The largest absolute Gasteiger partial charge is 0.485 e. The van der Waals surface area contributed by atoms with Gasteiger partial charge < -0.3 is 9.84 Å². The molecule has 2 aromatic carbocycles. The zero-order chi connectivity index (χ0) is 21.3. The fraction of sp³-hybridized carbons (Fsp3) is 0.320. The first-order valence-electron chi connectivity index (χ1n) is 9.78. The van der Waals surface area contributed by atoms with Gasteiger partial charge in [-0.05, 0) is 78.3 Å². The molecule has 3 nitrogen and oxygen atoms in total. The minimum Gasteiger partial charge on any atom is -0.485 e. The van der Waals surface area contributed by atoms with Crippen LogP contribution in [0, 0.1) is 13.8 Å². The molecule has 1 unspecified atom stereocenters. The van der Waals surface area contributed by atoms with Crippen molar-refractivity contribution in [2.75, 3.05) is 0 Å². The van der Waals surface area contributed by atoms with Crippen LogP contribution in [0.5, 0.6) is 5.75 Å². The summed E-state index contributed by atoms with van der Waals surface area (Å²) in [6, 6.07) is 16.4. The summed E-state index contributed by atoms with van der Waals surface area (Å²) in [4.78, 5) is 12.3. The fourth-order valence-corrected chi connectivity index (χ4v) is 4.36. The van der Waals surface area contributed by atoms with Gasteiger partial charge in [0.05, 0.1) is 0 Å². The third-order valence-corrected chi connectivity index (χ3v) is 6.33. The molecule has 0 saturated carbocycles. The lowest BCUT2D eigenvalue weighted by molar-refractivity contribution is 0.0702. The van der Waals surface area contributed by atoms with Crippen LogP contribution in [0.15, 0.2) is 48.5 Å². The van der Waals surface area contributed by atoms with Crippen LogP contribution in [-0.4, -0.2) is 11.1 Å². The number of ether oxygens (including phenoxy) is 1. The normalized spacial score (nSPS) is 12.6. The SMILES string of the molecule is Cc1cc(OC(C)c2ccc(C(=O)O)s2)cc(C)c1-c1ccc(C(C)(C)C)cc1. The lowest BCUT2D eigenvalue weighted by Crippen LogP contribution is -2.10. The second-order valence-corrected chi connectivity index (χ2v) is 9.64. The minimum atomic E-state index is -0.901. The zero-order valence-electron chi connectivity index (χ0n) is 17.9. The Morgan fingerprint density at radius 2 is 1.59 bits per heavy atom. The van der Waals surface area contributed by atoms with E-state index in [1.54, 1.807) is 6.07 Å². The molecule has 1 heterocycles. The van der Waals surface area contributed by atoms with Crippen molar-refractivity contribution in [1.29, 1.82) is 0 Å². The fourth-order valence-electron chi connectivity index (χ4n) is 3.53. The molecule has 1 N–H and O–H groups in total. The van der Waals surface area contributed by atoms with Crippen LogP contribution in [0.25, 0.3) is 11.1 Å². The van der Waals surface area contributed by atoms with Gasteiger partial charge >= 0.3 is 5.97 Å². The van der Waals surface area contributed by atoms with Crippen molar-refractivity contribution in [3.05, 3.63) is 75.0 Å². The Morgan fingerprint density at radius 1 is 1.00 bits per heavy atom.